The number of pyridine rings is 1. The van der Waals surface area contributed by atoms with E-state index in [4.69, 9.17) is 0 Å². The van der Waals surface area contributed by atoms with Crippen LogP contribution in [0.3, 0.4) is 0 Å². The van der Waals surface area contributed by atoms with Crippen molar-refractivity contribution in [3.8, 4) is 5.75 Å². The summed E-state index contributed by atoms with van der Waals surface area (Å²) in [6, 6.07) is 3.89. The Balaban J connectivity index is 2.05. The van der Waals surface area contributed by atoms with E-state index in [1.54, 1.807) is 12.3 Å². The summed E-state index contributed by atoms with van der Waals surface area (Å²) in [7, 11) is 0. The van der Waals surface area contributed by atoms with Crippen LogP contribution in [0.4, 0.5) is 0 Å². The van der Waals surface area contributed by atoms with Gasteiger partial charge in [-0.15, -0.1) is 0 Å². The molecule has 4 heteroatoms. The molecule has 84 valence electrons. The summed E-state index contributed by atoms with van der Waals surface area (Å²) in [6.07, 6.45) is 7.18. The first-order valence-corrected chi connectivity index (χ1v) is 5.74. The SMILES string of the molecule is Oc1ccc2cnc(C3CCCCN3)n2c1. The molecule has 1 unspecified atom stereocenters. The molecule has 0 bridgehead atoms. The Morgan fingerprint density at radius 2 is 2.31 bits per heavy atom. The second kappa shape index (κ2) is 3.79. The van der Waals surface area contributed by atoms with Gasteiger partial charge in [-0.1, -0.05) is 6.42 Å². The Morgan fingerprint density at radius 1 is 1.38 bits per heavy atom. The predicted octanol–water partition coefficient (Wildman–Crippen LogP) is 1.85. The third-order valence-corrected chi connectivity index (χ3v) is 3.16. The van der Waals surface area contributed by atoms with Crippen LogP contribution in [0.1, 0.15) is 31.1 Å². The zero-order chi connectivity index (χ0) is 11.0. The number of fused-ring (bicyclic) bond motifs is 1. The van der Waals surface area contributed by atoms with Crippen LogP contribution in [0, 0.1) is 0 Å². The topological polar surface area (TPSA) is 49.6 Å². The minimum absolute atomic E-state index is 0.280. The lowest BCUT2D eigenvalue weighted by Gasteiger charge is -2.22. The summed E-state index contributed by atoms with van der Waals surface area (Å²) in [4.78, 5) is 4.45. The van der Waals surface area contributed by atoms with Gasteiger partial charge in [0.2, 0.25) is 0 Å². The molecule has 3 heterocycles. The number of aromatic hydroxyl groups is 1. The summed E-state index contributed by atoms with van der Waals surface area (Å²) in [5, 5.41) is 13.0. The number of hydrogen-bond donors (Lipinski definition) is 2. The number of hydrogen-bond acceptors (Lipinski definition) is 3. The molecular weight excluding hydrogens is 202 g/mol. The van der Waals surface area contributed by atoms with Crippen molar-refractivity contribution in [3.63, 3.8) is 0 Å². The minimum Gasteiger partial charge on any atom is -0.506 e. The molecule has 0 aliphatic carbocycles. The van der Waals surface area contributed by atoms with E-state index in [2.05, 4.69) is 10.3 Å². The zero-order valence-electron chi connectivity index (χ0n) is 9.06. The minimum atomic E-state index is 0.280. The van der Waals surface area contributed by atoms with Gasteiger partial charge in [-0.25, -0.2) is 4.98 Å². The molecule has 4 nitrogen and oxygen atoms in total. The Labute approximate surface area is 93.9 Å². The summed E-state index contributed by atoms with van der Waals surface area (Å²) in [5.74, 6) is 1.29. The van der Waals surface area contributed by atoms with E-state index in [0.29, 0.717) is 6.04 Å². The molecule has 3 rings (SSSR count). The molecule has 1 saturated heterocycles. The second-order valence-electron chi connectivity index (χ2n) is 4.30. The predicted molar refractivity (Wildman–Crippen MR) is 61.5 cm³/mol. The van der Waals surface area contributed by atoms with Gasteiger partial charge in [0.1, 0.15) is 11.6 Å². The summed E-state index contributed by atoms with van der Waals surface area (Å²) < 4.78 is 1.97. The zero-order valence-corrected chi connectivity index (χ0v) is 9.06. The van der Waals surface area contributed by atoms with E-state index >= 15 is 0 Å². The first-order chi connectivity index (χ1) is 7.84. The van der Waals surface area contributed by atoms with Crippen LogP contribution in [-0.2, 0) is 0 Å². The lowest BCUT2D eigenvalue weighted by atomic mass is 10.0. The highest BCUT2D eigenvalue weighted by Crippen LogP contribution is 2.24. The highest BCUT2D eigenvalue weighted by Gasteiger charge is 2.19. The van der Waals surface area contributed by atoms with E-state index in [1.165, 1.54) is 12.8 Å². The number of aromatic nitrogens is 2. The lowest BCUT2D eigenvalue weighted by Crippen LogP contribution is -2.28. The van der Waals surface area contributed by atoms with Crippen molar-refractivity contribution in [2.75, 3.05) is 6.54 Å². The average molecular weight is 217 g/mol. The quantitative estimate of drug-likeness (QED) is 0.766. The highest BCUT2D eigenvalue weighted by atomic mass is 16.3. The van der Waals surface area contributed by atoms with Crippen molar-refractivity contribution in [1.29, 1.82) is 0 Å². The van der Waals surface area contributed by atoms with Crippen molar-refractivity contribution >= 4 is 5.52 Å². The van der Waals surface area contributed by atoms with Crippen molar-refractivity contribution in [2.45, 2.75) is 25.3 Å². The van der Waals surface area contributed by atoms with Crippen LogP contribution >= 0.6 is 0 Å². The molecule has 0 saturated carbocycles. The first-order valence-electron chi connectivity index (χ1n) is 5.74. The Morgan fingerprint density at radius 3 is 3.12 bits per heavy atom. The molecule has 1 aliphatic rings. The fourth-order valence-electron chi connectivity index (χ4n) is 2.33. The smallest absolute Gasteiger partial charge is 0.132 e. The van der Waals surface area contributed by atoms with E-state index in [1.807, 2.05) is 16.7 Å². The monoisotopic (exact) mass is 217 g/mol. The van der Waals surface area contributed by atoms with E-state index < -0.39 is 0 Å². The normalized spacial score (nSPS) is 21.4. The van der Waals surface area contributed by atoms with E-state index in [0.717, 1.165) is 24.3 Å². The number of nitrogens with one attached hydrogen (secondary N) is 1. The largest absolute Gasteiger partial charge is 0.506 e. The Kier molecular flexibility index (Phi) is 2.29. The van der Waals surface area contributed by atoms with Gasteiger partial charge in [0, 0.05) is 0 Å². The van der Waals surface area contributed by atoms with Gasteiger partial charge in [-0.05, 0) is 31.5 Å². The standard InChI is InChI=1S/C12H15N3O/c16-10-5-4-9-7-14-12(15(9)8-10)11-3-1-2-6-13-11/h4-5,7-8,11,13,16H,1-3,6H2. The van der Waals surface area contributed by atoms with Gasteiger partial charge in [-0.2, -0.15) is 0 Å². The third-order valence-electron chi connectivity index (χ3n) is 3.16. The van der Waals surface area contributed by atoms with Gasteiger partial charge in [0.25, 0.3) is 0 Å². The summed E-state index contributed by atoms with van der Waals surface area (Å²) in [6.45, 7) is 1.05. The summed E-state index contributed by atoms with van der Waals surface area (Å²) in [5.41, 5.74) is 1.03. The highest BCUT2D eigenvalue weighted by molar-refractivity contribution is 5.48. The van der Waals surface area contributed by atoms with Crippen LogP contribution in [0.2, 0.25) is 0 Å². The fourth-order valence-corrected chi connectivity index (χ4v) is 2.33. The number of rotatable bonds is 1. The molecule has 1 atom stereocenters. The number of imidazole rings is 1. The van der Waals surface area contributed by atoms with Gasteiger partial charge in [0.05, 0.1) is 24.0 Å². The van der Waals surface area contributed by atoms with Gasteiger partial charge < -0.3 is 10.4 Å². The van der Waals surface area contributed by atoms with Gasteiger partial charge >= 0.3 is 0 Å². The molecular formula is C12H15N3O. The molecule has 0 spiro atoms. The Bertz CT molecular complexity index is 500. The lowest BCUT2D eigenvalue weighted by molar-refractivity contribution is 0.395. The van der Waals surface area contributed by atoms with E-state index in [9.17, 15) is 5.11 Å². The fraction of sp³-hybridized carbons (Fsp3) is 0.417. The first kappa shape index (κ1) is 9.66. The Hall–Kier alpha value is -1.55. The average Bonchev–Trinajstić information content (AvgIpc) is 2.73. The molecule has 2 aromatic rings. The molecule has 0 aromatic carbocycles. The maximum Gasteiger partial charge on any atom is 0.132 e. The van der Waals surface area contributed by atoms with Crippen LogP contribution in [0.5, 0.6) is 5.75 Å². The second-order valence-corrected chi connectivity index (χ2v) is 4.30. The molecule has 16 heavy (non-hydrogen) atoms. The maximum absolute atomic E-state index is 9.50. The maximum atomic E-state index is 9.50. The van der Waals surface area contributed by atoms with Crippen molar-refractivity contribution in [3.05, 3.63) is 30.4 Å². The van der Waals surface area contributed by atoms with Crippen molar-refractivity contribution in [2.24, 2.45) is 0 Å². The van der Waals surface area contributed by atoms with Gasteiger partial charge in [-0.3, -0.25) is 4.40 Å². The van der Waals surface area contributed by atoms with Gasteiger partial charge in [0.15, 0.2) is 0 Å². The molecule has 1 aliphatic heterocycles. The summed E-state index contributed by atoms with van der Waals surface area (Å²) >= 11 is 0. The number of nitrogens with zero attached hydrogens (tertiary/aromatic N) is 2. The van der Waals surface area contributed by atoms with Crippen molar-refractivity contribution in [1.82, 2.24) is 14.7 Å². The van der Waals surface area contributed by atoms with Crippen LogP contribution in [0.25, 0.3) is 5.52 Å². The van der Waals surface area contributed by atoms with E-state index in [-0.39, 0.29) is 5.75 Å². The third kappa shape index (κ3) is 1.55. The van der Waals surface area contributed by atoms with Crippen LogP contribution in [-0.4, -0.2) is 21.0 Å². The molecule has 2 N–H and O–H groups in total. The number of piperidine rings is 1. The molecule has 2 aromatic heterocycles. The van der Waals surface area contributed by atoms with Crippen LogP contribution in [0.15, 0.2) is 24.5 Å². The molecule has 1 fully saturated rings. The molecule has 0 amide bonds. The van der Waals surface area contributed by atoms with Crippen molar-refractivity contribution < 1.29 is 5.11 Å². The molecule has 0 radical (unpaired) electrons. The van der Waals surface area contributed by atoms with Crippen LogP contribution < -0.4 is 5.32 Å².